The zero-order valence-electron chi connectivity index (χ0n) is 16.1. The van der Waals surface area contributed by atoms with Gasteiger partial charge in [-0.15, -0.1) is 11.8 Å². The van der Waals surface area contributed by atoms with Gasteiger partial charge in [0, 0.05) is 31.4 Å². The zero-order valence-corrected chi connectivity index (χ0v) is 16.9. The summed E-state index contributed by atoms with van der Waals surface area (Å²) in [5, 5.41) is 14.9. The molecule has 1 fully saturated rings. The summed E-state index contributed by atoms with van der Waals surface area (Å²) >= 11 is 1.57. The van der Waals surface area contributed by atoms with Crippen molar-refractivity contribution >= 4 is 17.7 Å². The van der Waals surface area contributed by atoms with Crippen molar-refractivity contribution in [2.45, 2.75) is 24.8 Å². The van der Waals surface area contributed by atoms with Gasteiger partial charge in [-0.05, 0) is 26.0 Å². The smallest absolute Gasteiger partial charge is 0.233 e. The van der Waals surface area contributed by atoms with Crippen LogP contribution in [0.3, 0.4) is 0 Å². The van der Waals surface area contributed by atoms with Gasteiger partial charge in [0.25, 0.3) is 0 Å². The molecule has 0 radical (unpaired) electrons. The highest BCUT2D eigenvalue weighted by Gasteiger charge is 2.28. The molecule has 1 aliphatic rings. The number of hydrogen-bond acceptors (Lipinski definition) is 5. The van der Waals surface area contributed by atoms with Crippen LogP contribution in [0.1, 0.15) is 23.0 Å². The third-order valence-corrected chi connectivity index (χ3v) is 6.30. The number of carbonyl (C=O) groups excluding carboxylic acids is 1. The van der Waals surface area contributed by atoms with E-state index in [2.05, 4.69) is 27.5 Å². The number of rotatable bonds is 5. The number of thioether (sulfide) groups is 1. The molecule has 28 heavy (non-hydrogen) atoms. The standard InChI is InChI=1S/C20H24N6OS/c1-14-20(15(2)26(24-14)17-6-4-3-5-7-17)28-13-19(27)25-9-8-21-12-18(25)16-10-22-23-11-16/h3-7,10-11,18,21H,8-9,12-13H2,1-2H3,(H,22,23). The van der Waals surface area contributed by atoms with Crippen molar-refractivity contribution in [3.63, 3.8) is 0 Å². The van der Waals surface area contributed by atoms with E-state index >= 15 is 0 Å². The Morgan fingerprint density at radius 2 is 2.11 bits per heavy atom. The predicted molar refractivity (Wildman–Crippen MR) is 110 cm³/mol. The summed E-state index contributed by atoms with van der Waals surface area (Å²) in [6.45, 7) is 6.32. The number of nitrogens with zero attached hydrogens (tertiary/aromatic N) is 4. The van der Waals surface area contributed by atoms with Crippen LogP contribution in [0.5, 0.6) is 0 Å². The number of piperazine rings is 1. The SMILES string of the molecule is Cc1nn(-c2ccccc2)c(C)c1SCC(=O)N1CCNCC1c1cn[nH]c1. The first-order chi connectivity index (χ1) is 13.6. The first-order valence-electron chi connectivity index (χ1n) is 9.38. The van der Waals surface area contributed by atoms with E-state index in [9.17, 15) is 4.79 Å². The van der Waals surface area contributed by atoms with E-state index in [-0.39, 0.29) is 11.9 Å². The average Bonchev–Trinajstić information content (AvgIpc) is 3.36. The number of para-hydroxylation sites is 1. The van der Waals surface area contributed by atoms with Crippen LogP contribution in [0.2, 0.25) is 0 Å². The molecule has 0 spiro atoms. The minimum atomic E-state index is 0.0230. The summed E-state index contributed by atoms with van der Waals surface area (Å²) in [5.41, 5.74) is 4.08. The van der Waals surface area contributed by atoms with Crippen LogP contribution in [0, 0.1) is 13.8 Å². The van der Waals surface area contributed by atoms with Gasteiger partial charge in [0.1, 0.15) is 0 Å². The molecule has 0 bridgehead atoms. The Hall–Kier alpha value is -2.58. The zero-order chi connectivity index (χ0) is 19.5. The summed E-state index contributed by atoms with van der Waals surface area (Å²) in [5.74, 6) is 0.542. The quantitative estimate of drug-likeness (QED) is 0.648. The highest BCUT2D eigenvalue weighted by molar-refractivity contribution is 8.00. The van der Waals surface area contributed by atoms with Gasteiger partial charge in [-0.2, -0.15) is 10.2 Å². The lowest BCUT2D eigenvalue weighted by atomic mass is 10.1. The molecule has 0 aliphatic carbocycles. The monoisotopic (exact) mass is 396 g/mol. The lowest BCUT2D eigenvalue weighted by molar-refractivity contribution is -0.131. The number of nitrogens with one attached hydrogen (secondary N) is 2. The summed E-state index contributed by atoms with van der Waals surface area (Å²) < 4.78 is 1.95. The first kappa shape index (κ1) is 18.8. The van der Waals surface area contributed by atoms with Crippen molar-refractivity contribution in [2.75, 3.05) is 25.4 Å². The molecule has 7 nitrogen and oxygen atoms in total. The lowest BCUT2D eigenvalue weighted by Gasteiger charge is -2.35. The second-order valence-corrected chi connectivity index (χ2v) is 7.86. The van der Waals surface area contributed by atoms with Gasteiger partial charge in [0.05, 0.1) is 40.0 Å². The molecule has 0 saturated carbocycles. The van der Waals surface area contributed by atoms with Gasteiger partial charge in [-0.3, -0.25) is 9.89 Å². The Morgan fingerprint density at radius 1 is 1.29 bits per heavy atom. The molecule has 3 heterocycles. The number of aromatic nitrogens is 4. The van der Waals surface area contributed by atoms with Crippen molar-refractivity contribution in [1.29, 1.82) is 0 Å². The van der Waals surface area contributed by atoms with Crippen LogP contribution < -0.4 is 5.32 Å². The molecule has 1 aromatic carbocycles. The summed E-state index contributed by atoms with van der Waals surface area (Å²) in [7, 11) is 0. The maximum Gasteiger partial charge on any atom is 0.233 e. The van der Waals surface area contributed by atoms with Crippen molar-refractivity contribution < 1.29 is 4.79 Å². The molecule has 146 valence electrons. The van der Waals surface area contributed by atoms with Crippen LogP contribution in [-0.4, -0.2) is 56.2 Å². The van der Waals surface area contributed by atoms with Crippen molar-refractivity contribution in [1.82, 2.24) is 30.2 Å². The molecule has 4 rings (SSSR count). The van der Waals surface area contributed by atoms with Gasteiger partial charge in [-0.25, -0.2) is 4.68 Å². The van der Waals surface area contributed by atoms with Gasteiger partial charge >= 0.3 is 0 Å². The van der Waals surface area contributed by atoms with Crippen LogP contribution >= 0.6 is 11.8 Å². The molecular formula is C20H24N6OS. The molecule has 1 atom stereocenters. The number of H-pyrrole nitrogens is 1. The lowest BCUT2D eigenvalue weighted by Crippen LogP contribution is -2.49. The first-order valence-corrected chi connectivity index (χ1v) is 10.4. The minimum Gasteiger partial charge on any atom is -0.332 e. The van der Waals surface area contributed by atoms with E-state index in [1.165, 1.54) is 0 Å². The molecule has 2 aromatic heterocycles. The van der Waals surface area contributed by atoms with Crippen molar-refractivity contribution in [3.05, 3.63) is 59.7 Å². The molecule has 3 aromatic rings. The fourth-order valence-corrected chi connectivity index (χ4v) is 4.60. The Kier molecular flexibility index (Phi) is 5.50. The molecular weight excluding hydrogens is 372 g/mol. The average molecular weight is 397 g/mol. The number of hydrogen-bond donors (Lipinski definition) is 2. The van der Waals surface area contributed by atoms with Gasteiger partial charge in [0.15, 0.2) is 0 Å². The number of amides is 1. The van der Waals surface area contributed by atoms with Crippen LogP contribution in [0.15, 0.2) is 47.6 Å². The fourth-order valence-electron chi connectivity index (χ4n) is 3.62. The van der Waals surface area contributed by atoms with E-state index in [0.717, 1.165) is 40.6 Å². The van der Waals surface area contributed by atoms with E-state index in [1.807, 2.05) is 53.0 Å². The Balaban J connectivity index is 1.48. The largest absolute Gasteiger partial charge is 0.332 e. The Bertz CT molecular complexity index is 937. The minimum absolute atomic E-state index is 0.0230. The normalized spacial score (nSPS) is 17.1. The predicted octanol–water partition coefficient (Wildman–Crippen LogP) is 2.48. The molecule has 1 unspecified atom stereocenters. The molecule has 1 amide bonds. The Morgan fingerprint density at radius 3 is 2.86 bits per heavy atom. The van der Waals surface area contributed by atoms with E-state index in [4.69, 9.17) is 0 Å². The number of aromatic amines is 1. The molecule has 2 N–H and O–H groups in total. The van der Waals surface area contributed by atoms with Crippen molar-refractivity contribution in [3.8, 4) is 5.69 Å². The number of carbonyl (C=O) groups is 1. The summed E-state index contributed by atoms with van der Waals surface area (Å²) in [6, 6.07) is 10.1. The maximum absolute atomic E-state index is 13.0. The van der Waals surface area contributed by atoms with E-state index < -0.39 is 0 Å². The van der Waals surface area contributed by atoms with Crippen LogP contribution in [-0.2, 0) is 4.79 Å². The number of benzene rings is 1. The second kappa shape index (κ2) is 8.20. The maximum atomic E-state index is 13.0. The topological polar surface area (TPSA) is 78.8 Å². The van der Waals surface area contributed by atoms with Gasteiger partial charge < -0.3 is 10.2 Å². The highest BCUT2D eigenvalue weighted by atomic mass is 32.2. The van der Waals surface area contributed by atoms with Gasteiger partial charge in [0.2, 0.25) is 5.91 Å². The fraction of sp³-hybridized carbons (Fsp3) is 0.350. The third kappa shape index (κ3) is 3.70. The Labute approximate surface area is 168 Å². The van der Waals surface area contributed by atoms with Crippen molar-refractivity contribution in [2.24, 2.45) is 0 Å². The molecule has 8 heteroatoms. The van der Waals surface area contributed by atoms with E-state index in [1.54, 1.807) is 18.0 Å². The highest BCUT2D eigenvalue weighted by Crippen LogP contribution is 2.29. The van der Waals surface area contributed by atoms with Crippen LogP contribution in [0.25, 0.3) is 5.69 Å². The summed E-state index contributed by atoms with van der Waals surface area (Å²) in [4.78, 5) is 16.0. The molecule has 1 saturated heterocycles. The third-order valence-electron chi connectivity index (χ3n) is 5.03. The number of aryl methyl sites for hydroxylation is 1. The second-order valence-electron chi connectivity index (χ2n) is 6.87. The summed E-state index contributed by atoms with van der Waals surface area (Å²) in [6.07, 6.45) is 3.66. The molecule has 1 aliphatic heterocycles. The van der Waals surface area contributed by atoms with Gasteiger partial charge in [-0.1, -0.05) is 18.2 Å². The van der Waals surface area contributed by atoms with Crippen LogP contribution in [0.4, 0.5) is 0 Å². The van der Waals surface area contributed by atoms with E-state index in [0.29, 0.717) is 12.3 Å².